The summed E-state index contributed by atoms with van der Waals surface area (Å²) in [6.45, 7) is 8.61. The summed E-state index contributed by atoms with van der Waals surface area (Å²) in [5, 5.41) is 7.91. The van der Waals surface area contributed by atoms with Crippen LogP contribution in [0.15, 0.2) is 48.1 Å². The molecule has 1 aromatic rings. The minimum Gasteiger partial charge on any atom is -0.358 e. The Morgan fingerprint density at radius 2 is 2.05 bits per heavy atom. The van der Waals surface area contributed by atoms with Gasteiger partial charge in [0.2, 0.25) is 0 Å². The van der Waals surface area contributed by atoms with Crippen LogP contribution in [0.25, 0.3) is 0 Å². The van der Waals surface area contributed by atoms with Gasteiger partial charge >= 0.3 is 0 Å². The lowest BCUT2D eigenvalue weighted by Gasteiger charge is -2.11. The van der Waals surface area contributed by atoms with Gasteiger partial charge in [-0.2, -0.15) is 5.10 Å². The summed E-state index contributed by atoms with van der Waals surface area (Å²) in [6, 6.07) is 10.1. The van der Waals surface area contributed by atoms with Gasteiger partial charge in [0, 0.05) is 6.54 Å². The van der Waals surface area contributed by atoms with E-state index in [4.69, 9.17) is 12.2 Å². The molecular weight excluding hydrogens is 254 g/mol. The number of nitrogens with zero attached hydrogens (tertiary/aromatic N) is 1. The summed E-state index contributed by atoms with van der Waals surface area (Å²) in [5.74, 6) is 0.537. The predicted octanol–water partition coefficient (Wildman–Crippen LogP) is 3.09. The van der Waals surface area contributed by atoms with Crippen LogP contribution < -0.4 is 10.7 Å². The molecule has 1 aromatic carbocycles. The summed E-state index contributed by atoms with van der Waals surface area (Å²) in [6.07, 6.45) is 2.66. The van der Waals surface area contributed by atoms with Crippen LogP contribution >= 0.6 is 12.2 Å². The quantitative estimate of drug-likeness (QED) is 0.362. The molecule has 0 fully saturated rings. The molecule has 0 aliphatic carbocycles. The van der Waals surface area contributed by atoms with Crippen molar-refractivity contribution in [2.75, 3.05) is 6.54 Å². The Balaban J connectivity index is 2.74. The molecule has 1 rings (SSSR count). The fourth-order valence-electron chi connectivity index (χ4n) is 1.57. The summed E-state index contributed by atoms with van der Waals surface area (Å²) in [5.41, 5.74) is 5.01. The zero-order valence-electron chi connectivity index (χ0n) is 11.5. The summed E-state index contributed by atoms with van der Waals surface area (Å²) in [7, 11) is 0. The van der Waals surface area contributed by atoms with Crippen LogP contribution in [0.3, 0.4) is 0 Å². The Morgan fingerprint density at radius 1 is 1.37 bits per heavy atom. The second-order valence-corrected chi connectivity index (χ2v) is 5.04. The second-order valence-electron chi connectivity index (χ2n) is 4.63. The lowest BCUT2D eigenvalue weighted by Crippen LogP contribution is -2.32. The molecule has 3 nitrogen and oxygen atoms in total. The van der Waals surface area contributed by atoms with Gasteiger partial charge in [-0.3, -0.25) is 5.43 Å². The van der Waals surface area contributed by atoms with Crippen molar-refractivity contribution in [3.05, 3.63) is 48.6 Å². The Kier molecular flexibility index (Phi) is 6.82. The average molecular weight is 275 g/mol. The zero-order chi connectivity index (χ0) is 14.1. The molecule has 0 heterocycles. The number of hydrazone groups is 1. The minimum absolute atomic E-state index is 0.511. The van der Waals surface area contributed by atoms with Crippen molar-refractivity contribution in [3.8, 4) is 0 Å². The maximum absolute atomic E-state index is 5.12. The van der Waals surface area contributed by atoms with Gasteiger partial charge in [-0.05, 0) is 30.1 Å². The summed E-state index contributed by atoms with van der Waals surface area (Å²) < 4.78 is 0. The standard InChI is InChI=1S/C15H21N3S/c1-4-10-16-15(19)18-17-14(11-12(2)3)13-8-6-5-7-9-13/h4-9,12H,1,10-11H2,2-3H3,(H2,16,18,19)/b17-14-. The van der Waals surface area contributed by atoms with E-state index in [9.17, 15) is 0 Å². The molecular formula is C15H21N3S. The number of hydrogen-bond acceptors (Lipinski definition) is 2. The molecule has 0 atom stereocenters. The highest BCUT2D eigenvalue weighted by molar-refractivity contribution is 7.80. The summed E-state index contributed by atoms with van der Waals surface area (Å²) in [4.78, 5) is 0. The highest BCUT2D eigenvalue weighted by atomic mass is 32.1. The third kappa shape index (κ3) is 6.15. The monoisotopic (exact) mass is 275 g/mol. The van der Waals surface area contributed by atoms with Gasteiger partial charge in [0.05, 0.1) is 5.71 Å². The number of hydrogen-bond donors (Lipinski definition) is 2. The second kappa shape index (κ2) is 8.43. The van der Waals surface area contributed by atoms with Crippen molar-refractivity contribution in [2.24, 2.45) is 11.0 Å². The van der Waals surface area contributed by atoms with Crippen molar-refractivity contribution < 1.29 is 0 Å². The van der Waals surface area contributed by atoms with Gasteiger partial charge in [0.15, 0.2) is 5.11 Å². The minimum atomic E-state index is 0.511. The van der Waals surface area contributed by atoms with Crippen LogP contribution in [0.2, 0.25) is 0 Å². The van der Waals surface area contributed by atoms with E-state index in [2.05, 4.69) is 48.4 Å². The Hall–Kier alpha value is -1.68. The van der Waals surface area contributed by atoms with Crippen molar-refractivity contribution in [1.82, 2.24) is 10.7 Å². The van der Waals surface area contributed by atoms with E-state index >= 15 is 0 Å². The molecule has 0 unspecified atom stereocenters. The molecule has 0 radical (unpaired) electrons. The maximum Gasteiger partial charge on any atom is 0.187 e. The van der Waals surface area contributed by atoms with E-state index in [1.165, 1.54) is 0 Å². The normalized spacial score (nSPS) is 11.2. The zero-order valence-corrected chi connectivity index (χ0v) is 12.3. The molecule has 0 saturated heterocycles. The number of rotatable bonds is 6. The molecule has 0 aliphatic rings. The van der Waals surface area contributed by atoms with E-state index in [0.29, 0.717) is 17.6 Å². The topological polar surface area (TPSA) is 36.4 Å². The Morgan fingerprint density at radius 3 is 2.63 bits per heavy atom. The van der Waals surface area contributed by atoms with Crippen LogP contribution in [0.4, 0.5) is 0 Å². The molecule has 0 bridgehead atoms. The highest BCUT2D eigenvalue weighted by Crippen LogP contribution is 2.09. The largest absolute Gasteiger partial charge is 0.358 e. The first-order valence-corrected chi connectivity index (χ1v) is 6.81. The first-order chi connectivity index (χ1) is 9.13. The summed E-state index contributed by atoms with van der Waals surface area (Å²) >= 11 is 5.12. The molecule has 102 valence electrons. The molecule has 0 saturated carbocycles. The molecule has 4 heteroatoms. The van der Waals surface area contributed by atoms with Crippen LogP contribution in [0, 0.1) is 5.92 Å². The van der Waals surface area contributed by atoms with Crippen LogP contribution in [0.5, 0.6) is 0 Å². The van der Waals surface area contributed by atoms with Crippen molar-refractivity contribution in [2.45, 2.75) is 20.3 Å². The third-order valence-electron chi connectivity index (χ3n) is 2.41. The molecule has 0 spiro atoms. The molecule has 0 amide bonds. The fourth-order valence-corrected chi connectivity index (χ4v) is 1.70. The van der Waals surface area contributed by atoms with E-state index in [1.54, 1.807) is 6.08 Å². The number of thiocarbonyl (C=S) groups is 1. The van der Waals surface area contributed by atoms with Crippen molar-refractivity contribution in [1.29, 1.82) is 0 Å². The molecule has 0 aliphatic heterocycles. The van der Waals surface area contributed by atoms with Crippen LogP contribution in [-0.4, -0.2) is 17.4 Å². The van der Waals surface area contributed by atoms with Crippen molar-refractivity contribution in [3.63, 3.8) is 0 Å². The smallest absolute Gasteiger partial charge is 0.187 e. The van der Waals surface area contributed by atoms with E-state index in [0.717, 1.165) is 17.7 Å². The predicted molar refractivity (Wildman–Crippen MR) is 86.4 cm³/mol. The van der Waals surface area contributed by atoms with E-state index < -0.39 is 0 Å². The van der Waals surface area contributed by atoms with E-state index in [-0.39, 0.29) is 0 Å². The fraction of sp³-hybridized carbons (Fsp3) is 0.333. The molecule has 2 N–H and O–H groups in total. The molecule has 19 heavy (non-hydrogen) atoms. The number of benzene rings is 1. The van der Waals surface area contributed by atoms with Gasteiger partial charge in [0.25, 0.3) is 0 Å². The maximum atomic E-state index is 5.12. The van der Waals surface area contributed by atoms with Gasteiger partial charge in [-0.25, -0.2) is 0 Å². The van der Waals surface area contributed by atoms with Gasteiger partial charge in [-0.1, -0.05) is 50.3 Å². The van der Waals surface area contributed by atoms with E-state index in [1.807, 2.05) is 18.2 Å². The average Bonchev–Trinajstić information content (AvgIpc) is 2.41. The Bertz CT molecular complexity index is 438. The molecule has 0 aromatic heterocycles. The van der Waals surface area contributed by atoms with Crippen LogP contribution in [-0.2, 0) is 0 Å². The Labute approximate surface area is 120 Å². The SMILES string of the molecule is C=CCNC(=S)N/N=C(/CC(C)C)c1ccccc1. The van der Waals surface area contributed by atoms with Crippen LogP contribution in [0.1, 0.15) is 25.8 Å². The van der Waals surface area contributed by atoms with Crippen molar-refractivity contribution >= 4 is 23.0 Å². The van der Waals surface area contributed by atoms with Gasteiger partial charge in [-0.15, -0.1) is 6.58 Å². The lowest BCUT2D eigenvalue weighted by molar-refractivity contribution is 0.681. The highest BCUT2D eigenvalue weighted by Gasteiger charge is 2.06. The lowest BCUT2D eigenvalue weighted by atomic mass is 10.0. The third-order valence-corrected chi connectivity index (χ3v) is 2.64. The first kappa shape index (κ1) is 15.4. The van der Waals surface area contributed by atoms with Gasteiger partial charge < -0.3 is 5.32 Å². The van der Waals surface area contributed by atoms with Gasteiger partial charge in [0.1, 0.15) is 0 Å². The number of nitrogens with one attached hydrogen (secondary N) is 2. The first-order valence-electron chi connectivity index (χ1n) is 6.40.